The largest absolute Gasteiger partial charge is 0.389 e. The van der Waals surface area contributed by atoms with Gasteiger partial charge in [0.1, 0.15) is 5.82 Å². The number of aryl methyl sites for hydroxylation is 2. The van der Waals surface area contributed by atoms with Crippen LogP contribution in [0.1, 0.15) is 29.7 Å². The highest BCUT2D eigenvalue weighted by Gasteiger charge is 2.09. The molecule has 1 atom stereocenters. The average molecular weight is 256 g/mol. The molecule has 0 fully saturated rings. The molecule has 0 saturated carbocycles. The van der Waals surface area contributed by atoms with Crippen LogP contribution < -0.4 is 4.90 Å². The zero-order valence-corrected chi connectivity index (χ0v) is 11.9. The van der Waals surface area contributed by atoms with Gasteiger partial charge in [-0.15, -0.1) is 0 Å². The van der Waals surface area contributed by atoms with Gasteiger partial charge in [-0.25, -0.2) is 4.98 Å². The molecule has 1 heterocycles. The molecule has 2 rings (SSSR count). The Labute approximate surface area is 114 Å². The van der Waals surface area contributed by atoms with Gasteiger partial charge >= 0.3 is 0 Å². The fourth-order valence-electron chi connectivity index (χ4n) is 2.15. The van der Waals surface area contributed by atoms with E-state index in [0.29, 0.717) is 0 Å². The molecule has 1 aromatic carbocycles. The van der Waals surface area contributed by atoms with Gasteiger partial charge in [-0.1, -0.05) is 6.07 Å². The number of pyridine rings is 1. The van der Waals surface area contributed by atoms with Crippen LogP contribution in [-0.2, 0) is 0 Å². The van der Waals surface area contributed by atoms with Crippen LogP contribution in [0.4, 0.5) is 11.5 Å². The first-order valence-corrected chi connectivity index (χ1v) is 6.43. The number of nitrogens with zero attached hydrogens (tertiary/aromatic N) is 2. The fourth-order valence-corrected chi connectivity index (χ4v) is 2.15. The Kier molecular flexibility index (Phi) is 3.86. The smallest absolute Gasteiger partial charge is 0.133 e. The van der Waals surface area contributed by atoms with Gasteiger partial charge in [0.15, 0.2) is 0 Å². The average Bonchev–Trinajstić information content (AvgIpc) is 2.37. The maximum absolute atomic E-state index is 9.64. The predicted molar refractivity (Wildman–Crippen MR) is 78.8 cm³/mol. The van der Waals surface area contributed by atoms with E-state index in [1.807, 2.05) is 24.1 Å². The summed E-state index contributed by atoms with van der Waals surface area (Å²) in [6, 6.07) is 10.2. The number of rotatable bonds is 3. The first-order chi connectivity index (χ1) is 8.97. The SMILES string of the molecule is Cc1cc(C)cc(N(C)c2cc(C(C)O)ccn2)c1. The standard InChI is InChI=1S/C16H20N2O/c1-11-7-12(2)9-15(8-11)18(4)16-10-14(13(3)19)5-6-17-16/h5-10,13,19H,1-4H3. The summed E-state index contributed by atoms with van der Waals surface area (Å²) in [7, 11) is 1.99. The van der Waals surface area contributed by atoms with Crippen molar-refractivity contribution in [3.8, 4) is 0 Å². The second-order valence-electron chi connectivity index (χ2n) is 5.03. The molecule has 3 nitrogen and oxygen atoms in total. The van der Waals surface area contributed by atoms with E-state index in [1.54, 1.807) is 13.1 Å². The van der Waals surface area contributed by atoms with Crippen molar-refractivity contribution in [2.24, 2.45) is 0 Å². The number of aliphatic hydroxyl groups is 1. The third-order valence-electron chi connectivity index (χ3n) is 3.19. The van der Waals surface area contributed by atoms with Crippen molar-refractivity contribution in [1.82, 2.24) is 4.98 Å². The van der Waals surface area contributed by atoms with Gasteiger partial charge in [0.05, 0.1) is 6.10 Å². The van der Waals surface area contributed by atoms with Crippen molar-refractivity contribution in [3.63, 3.8) is 0 Å². The molecule has 2 aromatic rings. The van der Waals surface area contributed by atoms with Crippen LogP contribution in [0, 0.1) is 13.8 Å². The van der Waals surface area contributed by atoms with Gasteiger partial charge in [0, 0.05) is 18.9 Å². The molecule has 1 aromatic heterocycles. The van der Waals surface area contributed by atoms with Crippen molar-refractivity contribution < 1.29 is 5.11 Å². The van der Waals surface area contributed by atoms with E-state index in [2.05, 4.69) is 37.0 Å². The van der Waals surface area contributed by atoms with Gasteiger partial charge in [-0.3, -0.25) is 0 Å². The molecule has 100 valence electrons. The van der Waals surface area contributed by atoms with Crippen LogP contribution in [0.3, 0.4) is 0 Å². The molecule has 0 aliphatic heterocycles. The number of aromatic nitrogens is 1. The summed E-state index contributed by atoms with van der Waals surface area (Å²) in [5.74, 6) is 0.836. The maximum atomic E-state index is 9.64. The number of hydrogen-bond acceptors (Lipinski definition) is 3. The molecule has 0 aliphatic carbocycles. The van der Waals surface area contributed by atoms with Crippen molar-refractivity contribution in [2.75, 3.05) is 11.9 Å². The minimum atomic E-state index is -0.477. The molecule has 0 spiro atoms. The fraction of sp³-hybridized carbons (Fsp3) is 0.312. The highest BCUT2D eigenvalue weighted by Crippen LogP contribution is 2.25. The molecule has 3 heteroatoms. The van der Waals surface area contributed by atoms with Crippen LogP contribution in [0.5, 0.6) is 0 Å². The number of benzene rings is 1. The maximum Gasteiger partial charge on any atom is 0.133 e. The number of hydrogen-bond donors (Lipinski definition) is 1. The monoisotopic (exact) mass is 256 g/mol. The van der Waals surface area contributed by atoms with Crippen LogP contribution in [0.15, 0.2) is 36.5 Å². The third kappa shape index (κ3) is 3.12. The van der Waals surface area contributed by atoms with Crippen LogP contribution in [0.2, 0.25) is 0 Å². The Balaban J connectivity index is 2.38. The zero-order chi connectivity index (χ0) is 14.0. The van der Waals surface area contributed by atoms with Crippen molar-refractivity contribution in [1.29, 1.82) is 0 Å². The quantitative estimate of drug-likeness (QED) is 0.912. The van der Waals surface area contributed by atoms with E-state index in [4.69, 9.17) is 0 Å². The van der Waals surface area contributed by atoms with Gasteiger partial charge < -0.3 is 10.0 Å². The number of anilines is 2. The lowest BCUT2D eigenvalue weighted by molar-refractivity contribution is 0.199. The topological polar surface area (TPSA) is 36.4 Å². The van der Waals surface area contributed by atoms with E-state index < -0.39 is 6.10 Å². The first kappa shape index (κ1) is 13.6. The molecular formula is C16H20N2O. The molecule has 0 aliphatic rings. The molecule has 0 amide bonds. The highest BCUT2D eigenvalue weighted by atomic mass is 16.3. The van der Waals surface area contributed by atoms with Gasteiger partial charge in [0.2, 0.25) is 0 Å². The lowest BCUT2D eigenvalue weighted by atomic mass is 10.1. The van der Waals surface area contributed by atoms with E-state index >= 15 is 0 Å². The second kappa shape index (κ2) is 5.41. The summed E-state index contributed by atoms with van der Waals surface area (Å²) in [5, 5.41) is 9.64. The Hall–Kier alpha value is -1.87. The van der Waals surface area contributed by atoms with E-state index in [9.17, 15) is 5.11 Å². The Morgan fingerprint density at radius 1 is 1.11 bits per heavy atom. The van der Waals surface area contributed by atoms with Crippen molar-refractivity contribution >= 4 is 11.5 Å². The molecule has 1 unspecified atom stereocenters. The third-order valence-corrected chi connectivity index (χ3v) is 3.19. The first-order valence-electron chi connectivity index (χ1n) is 6.43. The molecule has 19 heavy (non-hydrogen) atoms. The summed E-state index contributed by atoms with van der Waals surface area (Å²) >= 11 is 0. The predicted octanol–water partition coefficient (Wildman–Crippen LogP) is 3.52. The summed E-state index contributed by atoms with van der Waals surface area (Å²) in [5.41, 5.74) is 4.44. The minimum Gasteiger partial charge on any atom is -0.389 e. The van der Waals surface area contributed by atoms with Crippen LogP contribution >= 0.6 is 0 Å². The highest BCUT2D eigenvalue weighted by molar-refractivity contribution is 5.61. The molecule has 0 bridgehead atoms. The summed E-state index contributed by atoms with van der Waals surface area (Å²) < 4.78 is 0. The summed E-state index contributed by atoms with van der Waals surface area (Å²) in [6.07, 6.45) is 1.26. The lowest BCUT2D eigenvalue weighted by Crippen LogP contribution is -2.12. The second-order valence-corrected chi connectivity index (χ2v) is 5.03. The molecular weight excluding hydrogens is 236 g/mol. The van der Waals surface area contributed by atoms with Gasteiger partial charge in [-0.05, 0) is 61.7 Å². The number of aliphatic hydroxyl groups excluding tert-OH is 1. The van der Waals surface area contributed by atoms with Crippen molar-refractivity contribution in [3.05, 3.63) is 53.2 Å². The normalized spacial score (nSPS) is 12.3. The summed E-state index contributed by atoms with van der Waals surface area (Å²) in [4.78, 5) is 6.41. The minimum absolute atomic E-state index is 0.477. The Morgan fingerprint density at radius 3 is 2.32 bits per heavy atom. The Bertz CT molecular complexity index is 558. The molecule has 0 radical (unpaired) electrons. The van der Waals surface area contributed by atoms with Gasteiger partial charge in [-0.2, -0.15) is 0 Å². The molecule has 1 N–H and O–H groups in total. The lowest BCUT2D eigenvalue weighted by Gasteiger charge is -2.20. The van der Waals surface area contributed by atoms with Gasteiger partial charge in [0.25, 0.3) is 0 Å². The van der Waals surface area contributed by atoms with E-state index in [0.717, 1.165) is 17.1 Å². The van der Waals surface area contributed by atoms with E-state index in [-0.39, 0.29) is 0 Å². The van der Waals surface area contributed by atoms with Crippen LogP contribution in [0.25, 0.3) is 0 Å². The van der Waals surface area contributed by atoms with E-state index in [1.165, 1.54) is 11.1 Å². The Morgan fingerprint density at radius 2 is 1.74 bits per heavy atom. The van der Waals surface area contributed by atoms with Crippen molar-refractivity contribution in [2.45, 2.75) is 26.9 Å². The summed E-state index contributed by atoms with van der Waals surface area (Å²) in [6.45, 7) is 5.93. The van der Waals surface area contributed by atoms with Crippen LogP contribution in [-0.4, -0.2) is 17.1 Å². The molecule has 0 saturated heterocycles. The zero-order valence-electron chi connectivity index (χ0n) is 11.9.